The van der Waals surface area contributed by atoms with Gasteiger partial charge in [0.25, 0.3) is 0 Å². The number of carbonyl (C=O) groups excluding carboxylic acids is 2. The third-order valence-electron chi connectivity index (χ3n) is 3.38. The Morgan fingerprint density at radius 1 is 1.30 bits per heavy atom. The van der Waals surface area contributed by atoms with Gasteiger partial charge in [-0.1, -0.05) is 0 Å². The minimum absolute atomic E-state index is 0.0280. The van der Waals surface area contributed by atoms with Crippen molar-refractivity contribution in [1.82, 2.24) is 15.1 Å². The summed E-state index contributed by atoms with van der Waals surface area (Å²) in [5.41, 5.74) is 5.84. The first-order valence-electron chi connectivity index (χ1n) is 7.10. The highest BCUT2D eigenvalue weighted by atomic mass is 16.5. The van der Waals surface area contributed by atoms with E-state index in [2.05, 4.69) is 10.2 Å². The summed E-state index contributed by atoms with van der Waals surface area (Å²) in [5, 5.41) is 2.77. The average molecular weight is 286 g/mol. The van der Waals surface area contributed by atoms with Gasteiger partial charge >= 0.3 is 0 Å². The largest absolute Gasteiger partial charge is 0.385 e. The molecule has 0 spiro atoms. The zero-order valence-corrected chi connectivity index (χ0v) is 12.4. The number of amides is 2. The lowest BCUT2D eigenvalue weighted by Gasteiger charge is -2.35. The fourth-order valence-electron chi connectivity index (χ4n) is 2.19. The normalized spacial score (nSPS) is 17.9. The number of hydrogen-bond donors (Lipinski definition) is 2. The van der Waals surface area contributed by atoms with Crippen LogP contribution < -0.4 is 11.1 Å². The van der Waals surface area contributed by atoms with E-state index in [1.54, 1.807) is 12.0 Å². The van der Waals surface area contributed by atoms with Crippen LogP contribution in [0, 0.1) is 0 Å². The van der Waals surface area contributed by atoms with Gasteiger partial charge in [-0.2, -0.15) is 0 Å². The standard InChI is InChI=1S/C13H26N4O3/c1-3-15-12(18)10-16-5-7-17(8-6-16)13(19)11(14)4-9-20-2/h11H,3-10,14H2,1-2H3,(H,15,18). The third kappa shape index (κ3) is 5.44. The number of ether oxygens (including phenoxy) is 1. The van der Waals surface area contributed by atoms with Gasteiger partial charge < -0.3 is 20.7 Å². The molecule has 1 unspecified atom stereocenters. The first-order chi connectivity index (χ1) is 9.58. The summed E-state index contributed by atoms with van der Waals surface area (Å²) >= 11 is 0. The van der Waals surface area contributed by atoms with E-state index < -0.39 is 6.04 Å². The van der Waals surface area contributed by atoms with Crippen molar-refractivity contribution in [3.63, 3.8) is 0 Å². The van der Waals surface area contributed by atoms with Gasteiger partial charge in [-0.3, -0.25) is 14.5 Å². The smallest absolute Gasteiger partial charge is 0.239 e. The lowest BCUT2D eigenvalue weighted by atomic mass is 10.2. The van der Waals surface area contributed by atoms with Crippen LogP contribution in [0.2, 0.25) is 0 Å². The lowest BCUT2D eigenvalue weighted by molar-refractivity contribution is -0.135. The molecule has 7 heteroatoms. The highest BCUT2D eigenvalue weighted by molar-refractivity contribution is 5.82. The average Bonchev–Trinajstić information content (AvgIpc) is 2.45. The Bertz CT molecular complexity index is 317. The van der Waals surface area contributed by atoms with Crippen molar-refractivity contribution in [2.75, 3.05) is 53.0 Å². The summed E-state index contributed by atoms with van der Waals surface area (Å²) < 4.78 is 4.93. The molecule has 116 valence electrons. The van der Waals surface area contributed by atoms with Crippen molar-refractivity contribution in [1.29, 1.82) is 0 Å². The van der Waals surface area contributed by atoms with Crippen LogP contribution in [0.1, 0.15) is 13.3 Å². The van der Waals surface area contributed by atoms with Crippen LogP contribution in [-0.2, 0) is 14.3 Å². The molecule has 0 saturated carbocycles. The maximum atomic E-state index is 12.1. The number of likely N-dealkylation sites (N-methyl/N-ethyl adjacent to an activating group) is 1. The number of carbonyl (C=O) groups is 2. The van der Waals surface area contributed by atoms with E-state index in [1.807, 2.05) is 6.92 Å². The number of nitrogens with one attached hydrogen (secondary N) is 1. The molecule has 3 N–H and O–H groups in total. The molecule has 0 aromatic carbocycles. The maximum absolute atomic E-state index is 12.1. The van der Waals surface area contributed by atoms with Crippen LogP contribution in [-0.4, -0.2) is 80.6 Å². The Kier molecular flexibility index (Phi) is 7.50. The van der Waals surface area contributed by atoms with Crippen molar-refractivity contribution in [3.8, 4) is 0 Å². The van der Waals surface area contributed by atoms with Gasteiger partial charge in [-0.05, 0) is 13.3 Å². The molecule has 1 heterocycles. The van der Waals surface area contributed by atoms with Crippen LogP contribution in [0.15, 0.2) is 0 Å². The van der Waals surface area contributed by atoms with Gasteiger partial charge in [0.2, 0.25) is 11.8 Å². The van der Waals surface area contributed by atoms with Crippen molar-refractivity contribution in [3.05, 3.63) is 0 Å². The Hall–Kier alpha value is -1.18. The lowest BCUT2D eigenvalue weighted by Crippen LogP contribution is -2.54. The molecule has 0 radical (unpaired) electrons. The molecule has 7 nitrogen and oxygen atoms in total. The maximum Gasteiger partial charge on any atom is 0.239 e. The Labute approximate surface area is 120 Å². The van der Waals surface area contributed by atoms with Gasteiger partial charge in [0, 0.05) is 46.4 Å². The Morgan fingerprint density at radius 3 is 2.50 bits per heavy atom. The highest BCUT2D eigenvalue weighted by Crippen LogP contribution is 2.05. The first-order valence-corrected chi connectivity index (χ1v) is 7.10. The Balaban J connectivity index is 2.30. The molecule has 1 atom stereocenters. The molecule has 20 heavy (non-hydrogen) atoms. The second-order valence-corrected chi connectivity index (χ2v) is 4.94. The number of nitrogens with two attached hydrogens (primary N) is 1. The molecule has 1 saturated heterocycles. The van der Waals surface area contributed by atoms with Gasteiger partial charge in [0.05, 0.1) is 12.6 Å². The van der Waals surface area contributed by atoms with Crippen LogP contribution in [0.4, 0.5) is 0 Å². The van der Waals surface area contributed by atoms with E-state index in [4.69, 9.17) is 10.5 Å². The molecule has 0 aromatic heterocycles. The second kappa shape index (κ2) is 8.89. The highest BCUT2D eigenvalue weighted by Gasteiger charge is 2.25. The molecule has 2 amide bonds. The molecule has 0 aromatic rings. The van der Waals surface area contributed by atoms with Crippen LogP contribution >= 0.6 is 0 Å². The third-order valence-corrected chi connectivity index (χ3v) is 3.38. The number of rotatable bonds is 7. The van der Waals surface area contributed by atoms with Gasteiger partial charge in [0.1, 0.15) is 0 Å². The van der Waals surface area contributed by atoms with Crippen molar-refractivity contribution in [2.45, 2.75) is 19.4 Å². The van der Waals surface area contributed by atoms with Crippen molar-refractivity contribution in [2.24, 2.45) is 5.73 Å². The van der Waals surface area contributed by atoms with Crippen LogP contribution in [0.3, 0.4) is 0 Å². The minimum atomic E-state index is -0.495. The number of nitrogens with zero attached hydrogens (tertiary/aromatic N) is 2. The summed E-state index contributed by atoms with van der Waals surface area (Å²) in [4.78, 5) is 27.4. The monoisotopic (exact) mass is 286 g/mol. The first kappa shape index (κ1) is 16.9. The molecular weight excluding hydrogens is 260 g/mol. The molecule has 1 rings (SSSR count). The minimum Gasteiger partial charge on any atom is -0.385 e. The topological polar surface area (TPSA) is 87.9 Å². The summed E-state index contributed by atoms with van der Waals surface area (Å²) in [6.07, 6.45) is 0.536. The van der Waals surface area contributed by atoms with E-state index >= 15 is 0 Å². The summed E-state index contributed by atoms with van der Waals surface area (Å²) in [7, 11) is 1.59. The number of piperazine rings is 1. The predicted molar refractivity (Wildman–Crippen MR) is 76.2 cm³/mol. The molecule has 0 bridgehead atoms. The van der Waals surface area contributed by atoms with E-state index in [1.165, 1.54) is 0 Å². The molecule has 1 aliphatic rings. The zero-order chi connectivity index (χ0) is 15.0. The SMILES string of the molecule is CCNC(=O)CN1CCN(C(=O)C(N)CCOC)CC1. The summed E-state index contributed by atoms with van der Waals surface area (Å²) in [5.74, 6) is 0.00350. The van der Waals surface area contributed by atoms with E-state index in [0.29, 0.717) is 52.3 Å². The molecule has 1 aliphatic heterocycles. The number of hydrogen-bond acceptors (Lipinski definition) is 5. The fraction of sp³-hybridized carbons (Fsp3) is 0.846. The Morgan fingerprint density at radius 2 is 1.95 bits per heavy atom. The fourth-order valence-corrected chi connectivity index (χ4v) is 2.19. The molecule has 0 aliphatic carbocycles. The van der Waals surface area contributed by atoms with Gasteiger partial charge in [0.15, 0.2) is 0 Å². The van der Waals surface area contributed by atoms with Gasteiger partial charge in [-0.25, -0.2) is 0 Å². The van der Waals surface area contributed by atoms with E-state index in [-0.39, 0.29) is 11.8 Å². The summed E-state index contributed by atoms with van der Waals surface area (Å²) in [6, 6.07) is -0.495. The predicted octanol–water partition coefficient (Wildman–Crippen LogP) is -1.37. The van der Waals surface area contributed by atoms with Crippen LogP contribution in [0.5, 0.6) is 0 Å². The van der Waals surface area contributed by atoms with Crippen molar-refractivity contribution >= 4 is 11.8 Å². The van der Waals surface area contributed by atoms with E-state index in [0.717, 1.165) is 0 Å². The summed E-state index contributed by atoms with van der Waals surface area (Å²) in [6.45, 7) is 6.09. The van der Waals surface area contributed by atoms with Crippen LogP contribution in [0.25, 0.3) is 0 Å². The zero-order valence-electron chi connectivity index (χ0n) is 12.4. The van der Waals surface area contributed by atoms with Gasteiger partial charge in [-0.15, -0.1) is 0 Å². The van der Waals surface area contributed by atoms with E-state index in [9.17, 15) is 9.59 Å². The van der Waals surface area contributed by atoms with Crippen molar-refractivity contribution < 1.29 is 14.3 Å². The molecular formula is C13H26N4O3. The second-order valence-electron chi connectivity index (χ2n) is 4.94. The molecule has 1 fully saturated rings. The number of methoxy groups -OCH3 is 1. The quantitative estimate of drug-likeness (QED) is 0.603.